The van der Waals surface area contributed by atoms with E-state index >= 15 is 0 Å². The molecule has 1 N–H and O–H groups in total. The molecule has 0 bridgehead atoms. The number of carbonyl (C=O) groups is 3. The number of carbonyl (C=O) groups excluding carboxylic acids is 3. The maximum Gasteiger partial charge on any atom is 0.343 e. The Labute approximate surface area is 201 Å². The summed E-state index contributed by atoms with van der Waals surface area (Å²) in [6.45, 7) is 1.87. The molecule has 2 aromatic heterocycles. The van der Waals surface area contributed by atoms with Crippen molar-refractivity contribution in [2.75, 3.05) is 19.0 Å². The van der Waals surface area contributed by atoms with Gasteiger partial charge >= 0.3 is 11.9 Å². The first-order valence-electron chi connectivity index (χ1n) is 10.8. The Balaban J connectivity index is 1.62. The summed E-state index contributed by atoms with van der Waals surface area (Å²) in [6, 6.07) is 17.8. The average Bonchev–Trinajstić information content (AvgIpc) is 3.30. The maximum absolute atomic E-state index is 12.7. The van der Waals surface area contributed by atoms with Crippen molar-refractivity contribution in [2.24, 2.45) is 0 Å². The number of hydrogen-bond donors (Lipinski definition) is 1. The molecule has 0 fully saturated rings. The van der Waals surface area contributed by atoms with Crippen LogP contribution in [-0.4, -0.2) is 46.3 Å². The summed E-state index contributed by atoms with van der Waals surface area (Å²) >= 11 is 0. The lowest BCUT2D eigenvalue weighted by Crippen LogP contribution is -2.16. The quantitative estimate of drug-likeness (QED) is 0.320. The van der Waals surface area contributed by atoms with Gasteiger partial charge in [0.05, 0.1) is 31.0 Å². The molecule has 4 rings (SSSR count). The fourth-order valence-corrected chi connectivity index (χ4v) is 3.35. The van der Waals surface area contributed by atoms with Crippen molar-refractivity contribution in [3.63, 3.8) is 0 Å². The average molecular weight is 470 g/mol. The van der Waals surface area contributed by atoms with E-state index in [1.807, 2.05) is 30.3 Å². The number of anilines is 1. The molecule has 176 valence electrons. The monoisotopic (exact) mass is 470 g/mol. The second-order valence-electron chi connectivity index (χ2n) is 7.34. The number of ether oxygens (including phenoxy) is 2. The Morgan fingerprint density at radius 1 is 1.00 bits per heavy atom. The van der Waals surface area contributed by atoms with Crippen LogP contribution in [0.5, 0.6) is 0 Å². The first-order chi connectivity index (χ1) is 17.0. The molecule has 0 spiro atoms. The van der Waals surface area contributed by atoms with Crippen molar-refractivity contribution in [3.05, 3.63) is 89.6 Å². The van der Waals surface area contributed by atoms with Crippen molar-refractivity contribution in [2.45, 2.75) is 6.92 Å². The first-order valence-corrected chi connectivity index (χ1v) is 10.8. The Bertz CT molecular complexity index is 1420. The number of amides is 1. The van der Waals surface area contributed by atoms with Crippen LogP contribution in [0, 0.1) is 0 Å². The third kappa shape index (κ3) is 5.25. The van der Waals surface area contributed by atoms with E-state index in [1.54, 1.807) is 43.3 Å². The van der Waals surface area contributed by atoms with E-state index in [0.717, 1.165) is 10.9 Å². The summed E-state index contributed by atoms with van der Waals surface area (Å²) < 4.78 is 11.2. The maximum atomic E-state index is 12.7. The van der Waals surface area contributed by atoms with Crippen LogP contribution in [0.2, 0.25) is 0 Å². The third-order valence-electron chi connectivity index (χ3n) is 5.07. The zero-order chi connectivity index (χ0) is 24.8. The van der Waals surface area contributed by atoms with Gasteiger partial charge in [-0.05, 0) is 48.9 Å². The fourth-order valence-electron chi connectivity index (χ4n) is 3.35. The standard InChI is InChI=1S/C26H22N4O5/c1-3-35-26(33)20-16-27-30(22-14-13-18-6-4-5-7-21(18)28-22)24(20)29-23(31)15-10-17-8-11-19(12-9-17)25(32)34-2/h4-16H,3H2,1-2H3,(H,29,31)/b15-10+. The molecule has 4 aromatic rings. The van der Waals surface area contributed by atoms with Gasteiger partial charge in [-0.2, -0.15) is 9.78 Å². The molecule has 0 radical (unpaired) electrons. The SMILES string of the molecule is CCOC(=O)c1cnn(-c2ccc3ccccc3n2)c1NC(=O)/C=C/c1ccc(C(=O)OC)cc1. The summed E-state index contributed by atoms with van der Waals surface area (Å²) in [6.07, 6.45) is 4.22. The number of methoxy groups -OCH3 is 1. The lowest BCUT2D eigenvalue weighted by molar-refractivity contribution is -0.111. The molecule has 9 heteroatoms. The minimum Gasteiger partial charge on any atom is -0.465 e. The zero-order valence-electron chi connectivity index (χ0n) is 19.1. The summed E-state index contributed by atoms with van der Waals surface area (Å²) in [5, 5.41) is 7.93. The van der Waals surface area contributed by atoms with E-state index in [1.165, 1.54) is 24.1 Å². The zero-order valence-corrected chi connectivity index (χ0v) is 19.1. The van der Waals surface area contributed by atoms with Gasteiger partial charge in [-0.1, -0.05) is 30.3 Å². The predicted octanol–water partition coefficient (Wildman–Crippen LogP) is 4.04. The van der Waals surface area contributed by atoms with Crippen molar-refractivity contribution in [1.82, 2.24) is 14.8 Å². The van der Waals surface area contributed by atoms with Crippen LogP contribution in [0.3, 0.4) is 0 Å². The van der Waals surface area contributed by atoms with Crippen LogP contribution in [0.4, 0.5) is 5.82 Å². The van der Waals surface area contributed by atoms with Gasteiger partial charge in [-0.3, -0.25) is 4.79 Å². The smallest absolute Gasteiger partial charge is 0.343 e. The number of nitrogens with one attached hydrogen (secondary N) is 1. The normalized spacial score (nSPS) is 10.9. The lowest BCUT2D eigenvalue weighted by atomic mass is 10.1. The highest BCUT2D eigenvalue weighted by Gasteiger charge is 2.21. The molecular weight excluding hydrogens is 448 g/mol. The van der Waals surface area contributed by atoms with Gasteiger partial charge in [-0.25, -0.2) is 14.6 Å². The predicted molar refractivity (Wildman–Crippen MR) is 130 cm³/mol. The van der Waals surface area contributed by atoms with E-state index in [0.29, 0.717) is 16.9 Å². The van der Waals surface area contributed by atoms with Crippen LogP contribution in [-0.2, 0) is 14.3 Å². The molecule has 0 aliphatic heterocycles. The highest BCUT2D eigenvalue weighted by molar-refractivity contribution is 6.06. The molecule has 0 aliphatic rings. The van der Waals surface area contributed by atoms with Crippen LogP contribution in [0.25, 0.3) is 22.8 Å². The number of benzene rings is 2. The van der Waals surface area contributed by atoms with Crippen LogP contribution in [0.1, 0.15) is 33.2 Å². The van der Waals surface area contributed by atoms with Gasteiger partial charge in [0.25, 0.3) is 0 Å². The Kier molecular flexibility index (Phi) is 6.96. The molecule has 1 amide bonds. The number of aromatic nitrogens is 3. The number of nitrogens with zero attached hydrogens (tertiary/aromatic N) is 3. The molecule has 0 saturated carbocycles. The molecule has 35 heavy (non-hydrogen) atoms. The van der Waals surface area contributed by atoms with Gasteiger partial charge in [0.1, 0.15) is 5.56 Å². The topological polar surface area (TPSA) is 112 Å². The number of fused-ring (bicyclic) bond motifs is 1. The summed E-state index contributed by atoms with van der Waals surface area (Å²) in [4.78, 5) is 41.4. The number of hydrogen-bond acceptors (Lipinski definition) is 7. The van der Waals surface area contributed by atoms with Gasteiger partial charge < -0.3 is 14.8 Å². The molecule has 0 saturated heterocycles. The Hall–Kier alpha value is -4.79. The van der Waals surface area contributed by atoms with Crippen LogP contribution in [0.15, 0.2) is 72.9 Å². The minimum atomic E-state index is -0.614. The highest BCUT2D eigenvalue weighted by Crippen LogP contribution is 2.22. The van der Waals surface area contributed by atoms with Gasteiger partial charge in [0.2, 0.25) is 5.91 Å². The fraction of sp³-hybridized carbons (Fsp3) is 0.115. The van der Waals surface area contributed by atoms with E-state index in [2.05, 4.69) is 20.1 Å². The molecule has 0 atom stereocenters. The molecule has 9 nitrogen and oxygen atoms in total. The van der Waals surface area contributed by atoms with Crippen LogP contribution < -0.4 is 5.32 Å². The van der Waals surface area contributed by atoms with Gasteiger partial charge in [-0.15, -0.1) is 0 Å². The summed E-state index contributed by atoms with van der Waals surface area (Å²) in [5.74, 6) is -0.980. The van der Waals surface area contributed by atoms with Crippen molar-refractivity contribution < 1.29 is 23.9 Å². The number of para-hydroxylation sites is 1. The van der Waals surface area contributed by atoms with Crippen molar-refractivity contribution in [3.8, 4) is 5.82 Å². The van der Waals surface area contributed by atoms with Crippen molar-refractivity contribution in [1.29, 1.82) is 0 Å². The molecule has 2 heterocycles. The highest BCUT2D eigenvalue weighted by atomic mass is 16.5. The molecular formula is C26H22N4O5. The largest absolute Gasteiger partial charge is 0.465 e. The number of pyridine rings is 1. The summed E-state index contributed by atoms with van der Waals surface area (Å²) in [7, 11) is 1.31. The van der Waals surface area contributed by atoms with Crippen molar-refractivity contribution >= 4 is 40.6 Å². The Morgan fingerprint density at radius 2 is 1.77 bits per heavy atom. The van der Waals surface area contributed by atoms with E-state index < -0.39 is 17.8 Å². The second kappa shape index (κ2) is 10.4. The van der Waals surface area contributed by atoms with Gasteiger partial charge in [0, 0.05) is 11.5 Å². The van der Waals surface area contributed by atoms with E-state index in [-0.39, 0.29) is 18.0 Å². The number of esters is 2. The van der Waals surface area contributed by atoms with E-state index in [9.17, 15) is 14.4 Å². The van der Waals surface area contributed by atoms with Gasteiger partial charge in [0.15, 0.2) is 11.6 Å². The number of rotatable bonds is 7. The molecule has 2 aromatic carbocycles. The lowest BCUT2D eigenvalue weighted by Gasteiger charge is -2.10. The first kappa shape index (κ1) is 23.4. The molecule has 0 aliphatic carbocycles. The Morgan fingerprint density at radius 3 is 2.51 bits per heavy atom. The van der Waals surface area contributed by atoms with Crippen LogP contribution >= 0.6 is 0 Å². The van der Waals surface area contributed by atoms with E-state index in [4.69, 9.17) is 4.74 Å². The summed E-state index contributed by atoms with van der Waals surface area (Å²) in [5.41, 5.74) is 1.94. The second-order valence-corrected chi connectivity index (χ2v) is 7.34. The third-order valence-corrected chi connectivity index (χ3v) is 5.07. The minimum absolute atomic E-state index is 0.103. The molecule has 0 unspecified atom stereocenters.